The van der Waals surface area contributed by atoms with Gasteiger partial charge in [-0.15, -0.1) is 5.10 Å². The Morgan fingerprint density at radius 3 is 2.58 bits per heavy atom. The van der Waals surface area contributed by atoms with Gasteiger partial charge in [0, 0.05) is 43.8 Å². The van der Waals surface area contributed by atoms with Gasteiger partial charge in [0.25, 0.3) is 6.43 Å². The third-order valence-corrected chi connectivity index (χ3v) is 7.10. The summed E-state index contributed by atoms with van der Waals surface area (Å²) in [4.78, 5) is 20.5. The topological polar surface area (TPSA) is 94.8 Å². The second kappa shape index (κ2) is 11.5. The van der Waals surface area contributed by atoms with Crippen molar-refractivity contribution in [2.75, 3.05) is 26.7 Å². The Bertz CT molecular complexity index is 1600. The second-order valence-electron chi connectivity index (χ2n) is 9.72. The summed E-state index contributed by atoms with van der Waals surface area (Å²) in [5.41, 5.74) is 2.63. The number of hydrogen-bond donors (Lipinski definition) is 0. The lowest BCUT2D eigenvalue weighted by molar-refractivity contribution is 0.0765. The average Bonchev–Trinajstić information content (AvgIpc) is 3.47. The SMILES string of the molecule is C=N/N=C(\OCC(F)F)c1ccc(Cn2c(=O)n(C3CCN(C)CC3)c3cc(-c4ccnn4C)c(F)cc32)nc1. The number of benzene rings is 1. The Kier molecular flexibility index (Phi) is 7.83. The fraction of sp³-hybridized carbons (Fsp3) is 0.370. The number of rotatable bonds is 8. The van der Waals surface area contributed by atoms with Gasteiger partial charge in [0.15, 0.2) is 6.61 Å². The predicted molar refractivity (Wildman–Crippen MR) is 146 cm³/mol. The van der Waals surface area contributed by atoms with Crippen molar-refractivity contribution in [3.63, 3.8) is 0 Å². The molecule has 40 heavy (non-hydrogen) atoms. The van der Waals surface area contributed by atoms with Crippen LogP contribution in [0.15, 0.2) is 57.7 Å². The Morgan fingerprint density at radius 1 is 1.18 bits per heavy atom. The third kappa shape index (κ3) is 5.41. The summed E-state index contributed by atoms with van der Waals surface area (Å²) in [7, 11) is 3.79. The van der Waals surface area contributed by atoms with E-state index in [4.69, 9.17) is 4.74 Å². The van der Waals surface area contributed by atoms with Crippen molar-refractivity contribution >= 4 is 23.6 Å². The molecule has 4 heterocycles. The number of ether oxygens (including phenoxy) is 1. The summed E-state index contributed by atoms with van der Waals surface area (Å²) in [5.74, 6) is -0.613. The molecule has 210 valence electrons. The van der Waals surface area contributed by atoms with E-state index >= 15 is 4.39 Å². The van der Waals surface area contributed by atoms with Crippen molar-refractivity contribution in [2.45, 2.75) is 31.9 Å². The molecule has 0 aliphatic carbocycles. The van der Waals surface area contributed by atoms with E-state index in [1.54, 1.807) is 46.8 Å². The van der Waals surface area contributed by atoms with Crippen LogP contribution in [0.2, 0.25) is 0 Å². The minimum absolute atomic E-state index is 0.0372. The predicted octanol–water partition coefficient (Wildman–Crippen LogP) is 3.70. The third-order valence-electron chi connectivity index (χ3n) is 7.10. The van der Waals surface area contributed by atoms with Gasteiger partial charge in [-0.2, -0.15) is 10.2 Å². The lowest BCUT2D eigenvalue weighted by Gasteiger charge is -2.29. The maximum Gasteiger partial charge on any atom is 0.329 e. The van der Waals surface area contributed by atoms with Gasteiger partial charge in [0.1, 0.15) is 5.82 Å². The second-order valence-corrected chi connectivity index (χ2v) is 9.72. The van der Waals surface area contributed by atoms with E-state index in [1.807, 2.05) is 7.05 Å². The number of piperidine rings is 1. The number of nitrogens with zero attached hydrogens (tertiary/aromatic N) is 8. The molecule has 0 saturated carbocycles. The van der Waals surface area contributed by atoms with E-state index in [0.29, 0.717) is 33.5 Å². The molecule has 5 rings (SSSR count). The van der Waals surface area contributed by atoms with Crippen molar-refractivity contribution in [3.05, 3.63) is 70.3 Å². The highest BCUT2D eigenvalue weighted by Gasteiger charge is 2.26. The molecule has 1 saturated heterocycles. The van der Waals surface area contributed by atoms with Crippen molar-refractivity contribution < 1.29 is 17.9 Å². The highest BCUT2D eigenvalue weighted by Crippen LogP contribution is 2.31. The van der Waals surface area contributed by atoms with Gasteiger partial charge >= 0.3 is 5.69 Å². The van der Waals surface area contributed by atoms with E-state index in [2.05, 4.69) is 31.9 Å². The minimum Gasteiger partial charge on any atom is -0.470 e. The van der Waals surface area contributed by atoms with Crippen LogP contribution in [0.3, 0.4) is 0 Å². The lowest BCUT2D eigenvalue weighted by Crippen LogP contribution is -2.36. The number of pyridine rings is 1. The molecule has 1 aliphatic heterocycles. The number of aryl methyl sites for hydroxylation is 1. The first kappa shape index (κ1) is 27.3. The normalized spacial score (nSPS) is 15.3. The van der Waals surface area contributed by atoms with Crippen LogP contribution in [0, 0.1) is 5.82 Å². The number of halogens is 3. The molecule has 4 aromatic rings. The number of fused-ring (bicyclic) bond motifs is 1. The molecule has 0 atom stereocenters. The van der Waals surface area contributed by atoms with Crippen LogP contribution in [-0.2, 0) is 18.3 Å². The van der Waals surface area contributed by atoms with E-state index in [9.17, 15) is 13.6 Å². The zero-order valence-corrected chi connectivity index (χ0v) is 22.2. The first-order valence-corrected chi connectivity index (χ1v) is 12.8. The molecule has 1 fully saturated rings. The number of aromatic nitrogens is 5. The van der Waals surface area contributed by atoms with Crippen LogP contribution in [0.1, 0.15) is 30.1 Å². The molecule has 0 spiro atoms. The van der Waals surface area contributed by atoms with Crippen LogP contribution in [0.4, 0.5) is 13.2 Å². The average molecular weight is 555 g/mol. The molecule has 1 aliphatic rings. The van der Waals surface area contributed by atoms with Gasteiger partial charge < -0.3 is 9.64 Å². The van der Waals surface area contributed by atoms with Crippen molar-refractivity contribution in [3.8, 4) is 11.3 Å². The monoisotopic (exact) mass is 554 g/mol. The van der Waals surface area contributed by atoms with Gasteiger partial charge in [0.05, 0.1) is 34.5 Å². The molecule has 10 nitrogen and oxygen atoms in total. The van der Waals surface area contributed by atoms with Crippen LogP contribution < -0.4 is 5.69 Å². The van der Waals surface area contributed by atoms with Crippen LogP contribution in [-0.4, -0.2) is 74.6 Å². The molecule has 0 radical (unpaired) electrons. The number of alkyl halides is 2. The van der Waals surface area contributed by atoms with Crippen molar-refractivity contribution in [1.82, 2.24) is 28.8 Å². The fourth-order valence-electron chi connectivity index (χ4n) is 5.07. The van der Waals surface area contributed by atoms with E-state index in [-0.39, 0.29) is 24.2 Å². The first-order chi connectivity index (χ1) is 19.3. The van der Waals surface area contributed by atoms with Crippen molar-refractivity contribution in [2.24, 2.45) is 17.3 Å². The largest absolute Gasteiger partial charge is 0.470 e. The quantitative estimate of drug-likeness (QED) is 0.188. The highest BCUT2D eigenvalue weighted by atomic mass is 19.3. The summed E-state index contributed by atoms with van der Waals surface area (Å²) in [6.07, 6.45) is 1.89. The zero-order chi connectivity index (χ0) is 28.4. The summed E-state index contributed by atoms with van der Waals surface area (Å²) in [5, 5.41) is 11.2. The first-order valence-electron chi connectivity index (χ1n) is 12.8. The standard InChI is InChI=1S/C27H29F3N8O2/c1-31-34-26(40-16-25(29)30)17-4-5-18(32-14-17)15-37-23-13-21(28)20(22-6-9-33-36(22)3)12-24(23)38(27(37)39)19-7-10-35(2)11-8-19/h4-6,9,12-14,19,25H,1,7-8,10-11,15-16H2,2-3H3/b34-26-. The summed E-state index contributed by atoms with van der Waals surface area (Å²) in [6.45, 7) is 4.15. The van der Waals surface area contributed by atoms with Crippen LogP contribution >= 0.6 is 0 Å². The molecular formula is C27H29F3N8O2. The molecule has 13 heteroatoms. The highest BCUT2D eigenvalue weighted by molar-refractivity contribution is 5.93. The van der Waals surface area contributed by atoms with Gasteiger partial charge in [-0.25, -0.2) is 18.0 Å². The van der Waals surface area contributed by atoms with E-state index < -0.39 is 18.8 Å². The van der Waals surface area contributed by atoms with Gasteiger partial charge in [-0.3, -0.25) is 18.8 Å². The fourth-order valence-corrected chi connectivity index (χ4v) is 5.07. The van der Waals surface area contributed by atoms with E-state index in [1.165, 1.54) is 16.8 Å². The van der Waals surface area contributed by atoms with Gasteiger partial charge in [0.2, 0.25) is 5.90 Å². The van der Waals surface area contributed by atoms with Crippen LogP contribution in [0.5, 0.6) is 0 Å². The summed E-state index contributed by atoms with van der Waals surface area (Å²) < 4.78 is 50.6. The maximum absolute atomic E-state index is 15.5. The molecular weight excluding hydrogens is 525 g/mol. The number of imidazole rings is 1. The molecule has 0 bridgehead atoms. The number of likely N-dealkylation sites (tertiary alicyclic amines) is 1. The number of hydrogen-bond acceptors (Lipinski definition) is 7. The minimum atomic E-state index is -2.69. The van der Waals surface area contributed by atoms with Crippen LogP contribution in [0.25, 0.3) is 22.3 Å². The molecule has 0 N–H and O–H groups in total. The molecule has 3 aromatic heterocycles. The molecule has 0 unspecified atom stereocenters. The Labute approximate surface area is 228 Å². The van der Waals surface area contributed by atoms with E-state index in [0.717, 1.165) is 25.9 Å². The molecule has 0 amide bonds. The maximum atomic E-state index is 15.5. The Hall–Kier alpha value is -4.26. The van der Waals surface area contributed by atoms with Gasteiger partial charge in [-0.1, -0.05) is 0 Å². The zero-order valence-electron chi connectivity index (χ0n) is 22.2. The Morgan fingerprint density at radius 2 is 1.95 bits per heavy atom. The summed E-state index contributed by atoms with van der Waals surface area (Å²) in [6, 6.07) is 8.02. The smallest absolute Gasteiger partial charge is 0.329 e. The van der Waals surface area contributed by atoms with Crippen molar-refractivity contribution in [1.29, 1.82) is 0 Å². The Balaban J connectivity index is 1.55. The summed E-state index contributed by atoms with van der Waals surface area (Å²) >= 11 is 0. The molecule has 1 aromatic carbocycles. The lowest BCUT2D eigenvalue weighted by atomic mass is 10.0. The van der Waals surface area contributed by atoms with Gasteiger partial charge in [-0.05, 0) is 57.2 Å².